The van der Waals surface area contributed by atoms with E-state index >= 15 is 0 Å². The number of hydroxylamine groups is 1. The van der Waals surface area contributed by atoms with E-state index < -0.39 is 0 Å². The number of thiophene rings is 1. The van der Waals surface area contributed by atoms with Gasteiger partial charge >= 0.3 is 0 Å². The molecule has 0 radical (unpaired) electrons. The lowest BCUT2D eigenvalue weighted by atomic mass is 9.88. The summed E-state index contributed by atoms with van der Waals surface area (Å²) in [5, 5.41) is -0.135. The van der Waals surface area contributed by atoms with Crippen molar-refractivity contribution < 1.29 is 9.23 Å². The molecule has 3 rings (SSSR count). The van der Waals surface area contributed by atoms with Crippen LogP contribution in [0.25, 0.3) is 0 Å². The zero-order valence-electron chi connectivity index (χ0n) is 9.49. The van der Waals surface area contributed by atoms with E-state index in [0.717, 1.165) is 24.5 Å². The van der Waals surface area contributed by atoms with Gasteiger partial charge in [-0.2, -0.15) is 9.87 Å². The number of likely N-dealkylation sites (tertiary alicyclic amines) is 1. The fraction of sp³-hybridized carbons (Fsp3) is 0.500. The Bertz CT molecular complexity index is 436. The zero-order chi connectivity index (χ0) is 11.9. The highest BCUT2D eigenvalue weighted by Gasteiger charge is 2.52. The molecule has 1 aromatic heterocycles. The molecular weight excluding hydrogens is 239 g/mol. The second kappa shape index (κ2) is 4.17. The first kappa shape index (κ1) is 11.3. The lowest BCUT2D eigenvalue weighted by Gasteiger charge is -2.26. The maximum Gasteiger partial charge on any atom is 0.176 e. The monoisotopic (exact) mass is 254 g/mol. The van der Waals surface area contributed by atoms with Gasteiger partial charge in [-0.05, 0) is 12.1 Å². The molecule has 17 heavy (non-hydrogen) atoms. The number of nitrogens with zero attached hydrogens (tertiary/aromatic N) is 1. The van der Waals surface area contributed by atoms with Crippen LogP contribution in [0.2, 0.25) is 0 Å². The molecule has 3 heterocycles. The van der Waals surface area contributed by atoms with Gasteiger partial charge in [-0.25, -0.2) is 0 Å². The zero-order valence-corrected chi connectivity index (χ0v) is 10.3. The first-order chi connectivity index (χ1) is 8.24. The van der Waals surface area contributed by atoms with Crippen LogP contribution in [0.3, 0.4) is 0 Å². The molecule has 2 aliphatic rings. The van der Waals surface area contributed by atoms with Gasteiger partial charge in [0.1, 0.15) is 0 Å². The molecule has 0 bridgehead atoms. The Kier molecular flexibility index (Phi) is 2.78. The average molecular weight is 254 g/mol. The summed E-state index contributed by atoms with van der Waals surface area (Å²) in [6.45, 7) is 7.15. The maximum absolute atomic E-state index is 13.2. The van der Waals surface area contributed by atoms with Crippen molar-refractivity contribution >= 4 is 11.3 Å². The molecule has 1 aromatic rings. The molecule has 3 nitrogen and oxygen atoms in total. The van der Waals surface area contributed by atoms with Crippen LogP contribution in [0.5, 0.6) is 0 Å². The minimum Gasteiger partial charge on any atom is -0.300 e. The van der Waals surface area contributed by atoms with Crippen molar-refractivity contribution in [1.82, 2.24) is 10.4 Å². The summed E-state index contributed by atoms with van der Waals surface area (Å²) in [4.78, 5) is 8.74. The van der Waals surface area contributed by atoms with Crippen LogP contribution < -0.4 is 5.48 Å². The lowest BCUT2D eigenvalue weighted by Crippen LogP contribution is -2.42. The third-order valence-corrected chi connectivity index (χ3v) is 4.64. The van der Waals surface area contributed by atoms with Gasteiger partial charge in [-0.1, -0.05) is 6.08 Å². The van der Waals surface area contributed by atoms with Gasteiger partial charge in [0, 0.05) is 30.4 Å². The van der Waals surface area contributed by atoms with E-state index in [1.165, 1.54) is 17.4 Å². The Morgan fingerprint density at radius 3 is 3.29 bits per heavy atom. The number of hydrogen-bond acceptors (Lipinski definition) is 4. The highest BCUT2D eigenvalue weighted by atomic mass is 32.1. The fourth-order valence-corrected chi connectivity index (χ4v) is 3.74. The van der Waals surface area contributed by atoms with Gasteiger partial charge in [0.05, 0.1) is 12.1 Å². The maximum atomic E-state index is 13.2. The molecule has 2 atom stereocenters. The van der Waals surface area contributed by atoms with Crippen LogP contribution in [0, 0.1) is 11.0 Å². The van der Waals surface area contributed by atoms with E-state index in [1.54, 1.807) is 0 Å². The number of nitrogens with one attached hydrogen (secondary N) is 1. The topological polar surface area (TPSA) is 24.5 Å². The molecular formula is C12H15FN2OS. The van der Waals surface area contributed by atoms with Gasteiger partial charge in [0.25, 0.3) is 0 Å². The minimum atomic E-state index is -0.224. The predicted molar refractivity (Wildman–Crippen MR) is 65.2 cm³/mol. The van der Waals surface area contributed by atoms with Crippen LogP contribution in [0.4, 0.5) is 4.39 Å². The van der Waals surface area contributed by atoms with Crippen molar-refractivity contribution in [2.75, 3.05) is 26.2 Å². The SMILES string of the molecule is C=CCN1CC2CONC2(c2ccc(F)s2)C1. The average Bonchev–Trinajstić information content (AvgIpc) is 2.91. The number of rotatable bonds is 3. The Labute approximate surface area is 104 Å². The first-order valence-corrected chi connectivity index (χ1v) is 6.54. The molecule has 0 spiro atoms. The van der Waals surface area contributed by atoms with Gasteiger partial charge in [0.2, 0.25) is 0 Å². The molecule has 1 N–H and O–H groups in total. The predicted octanol–water partition coefficient (Wildman–Crippen LogP) is 1.74. The van der Waals surface area contributed by atoms with Crippen molar-refractivity contribution in [3.63, 3.8) is 0 Å². The Morgan fingerprint density at radius 1 is 1.71 bits per heavy atom. The Balaban J connectivity index is 1.91. The molecule has 5 heteroatoms. The van der Waals surface area contributed by atoms with Crippen LogP contribution in [-0.2, 0) is 10.4 Å². The second-order valence-corrected chi connectivity index (χ2v) is 5.70. The van der Waals surface area contributed by atoms with Gasteiger partial charge in [-0.3, -0.25) is 4.90 Å². The first-order valence-electron chi connectivity index (χ1n) is 5.72. The number of hydrogen-bond donors (Lipinski definition) is 1. The van der Waals surface area contributed by atoms with Crippen molar-refractivity contribution in [2.24, 2.45) is 5.92 Å². The van der Waals surface area contributed by atoms with Gasteiger partial charge in [0.15, 0.2) is 5.13 Å². The quantitative estimate of drug-likeness (QED) is 0.832. The van der Waals surface area contributed by atoms with Crippen LogP contribution in [0.1, 0.15) is 4.88 Å². The summed E-state index contributed by atoms with van der Waals surface area (Å²) >= 11 is 1.21. The normalized spacial score (nSPS) is 32.9. The molecule has 2 saturated heterocycles. The lowest BCUT2D eigenvalue weighted by molar-refractivity contribution is 0.0498. The summed E-state index contributed by atoms with van der Waals surface area (Å²) in [5.41, 5.74) is 2.89. The third kappa shape index (κ3) is 1.74. The largest absolute Gasteiger partial charge is 0.300 e. The Morgan fingerprint density at radius 2 is 2.59 bits per heavy atom. The highest BCUT2D eigenvalue weighted by Crippen LogP contribution is 2.42. The van der Waals surface area contributed by atoms with E-state index in [0.29, 0.717) is 12.5 Å². The smallest absolute Gasteiger partial charge is 0.176 e. The molecule has 0 aromatic carbocycles. The van der Waals surface area contributed by atoms with Crippen molar-refractivity contribution in [3.05, 3.63) is 34.8 Å². The molecule has 2 fully saturated rings. The summed E-state index contributed by atoms with van der Waals surface area (Å²) in [7, 11) is 0. The van der Waals surface area contributed by atoms with Crippen LogP contribution >= 0.6 is 11.3 Å². The molecule has 2 aliphatic heterocycles. The van der Waals surface area contributed by atoms with Crippen LogP contribution in [-0.4, -0.2) is 31.1 Å². The standard InChI is InChI=1S/C12H15FN2OS/c1-2-5-15-6-9-7-16-14-12(9,8-15)10-3-4-11(13)17-10/h2-4,9,14H,1,5-8H2. The Hall–Kier alpha value is -0.750. The van der Waals surface area contributed by atoms with E-state index in [9.17, 15) is 4.39 Å². The second-order valence-electron chi connectivity index (χ2n) is 4.67. The van der Waals surface area contributed by atoms with E-state index in [1.807, 2.05) is 12.1 Å². The summed E-state index contributed by atoms with van der Waals surface area (Å²) in [6.07, 6.45) is 1.91. The van der Waals surface area contributed by atoms with E-state index in [-0.39, 0.29) is 10.7 Å². The third-order valence-electron chi connectivity index (χ3n) is 3.59. The summed E-state index contributed by atoms with van der Waals surface area (Å²) < 4.78 is 13.2. The van der Waals surface area contributed by atoms with Gasteiger partial charge < -0.3 is 4.84 Å². The molecule has 2 unspecified atom stereocenters. The minimum absolute atomic E-state index is 0.135. The van der Waals surface area contributed by atoms with Crippen molar-refractivity contribution in [1.29, 1.82) is 0 Å². The van der Waals surface area contributed by atoms with Gasteiger partial charge in [-0.15, -0.1) is 17.9 Å². The number of fused-ring (bicyclic) bond motifs is 1. The number of halogens is 1. The molecule has 0 saturated carbocycles. The van der Waals surface area contributed by atoms with Crippen molar-refractivity contribution in [2.45, 2.75) is 5.54 Å². The van der Waals surface area contributed by atoms with Crippen molar-refractivity contribution in [3.8, 4) is 0 Å². The summed E-state index contributed by atoms with van der Waals surface area (Å²) in [5.74, 6) is 0.389. The summed E-state index contributed by atoms with van der Waals surface area (Å²) in [6, 6.07) is 3.40. The fourth-order valence-electron chi connectivity index (χ4n) is 2.80. The molecule has 0 aliphatic carbocycles. The molecule has 0 amide bonds. The van der Waals surface area contributed by atoms with E-state index in [4.69, 9.17) is 4.84 Å². The van der Waals surface area contributed by atoms with E-state index in [2.05, 4.69) is 17.0 Å². The molecule has 92 valence electrons. The van der Waals surface area contributed by atoms with Crippen LogP contribution in [0.15, 0.2) is 24.8 Å². The highest BCUT2D eigenvalue weighted by molar-refractivity contribution is 7.10.